The third kappa shape index (κ3) is 2.38. The van der Waals surface area contributed by atoms with Crippen LogP contribution in [0.2, 0.25) is 0 Å². The van der Waals surface area contributed by atoms with Gasteiger partial charge in [0.05, 0.1) is 5.69 Å². The van der Waals surface area contributed by atoms with Gasteiger partial charge in [-0.15, -0.1) is 0 Å². The summed E-state index contributed by atoms with van der Waals surface area (Å²) in [5.74, 6) is -6.68. The molecule has 0 aliphatic rings. The first-order chi connectivity index (χ1) is 9.31. The van der Waals surface area contributed by atoms with E-state index in [9.17, 15) is 18.0 Å². The van der Waals surface area contributed by atoms with Gasteiger partial charge in [0.15, 0.2) is 17.5 Å². The highest BCUT2D eigenvalue weighted by Gasteiger charge is 2.23. The lowest BCUT2D eigenvalue weighted by Crippen LogP contribution is -2.01. The van der Waals surface area contributed by atoms with Gasteiger partial charge < -0.3 is 9.52 Å². The minimum atomic E-state index is -1.61. The molecular formula is C13H10F3NO3. The maximum Gasteiger partial charge on any atom is 0.373 e. The average molecular weight is 285 g/mol. The minimum Gasteiger partial charge on any atom is -0.475 e. The highest BCUT2D eigenvalue weighted by Crippen LogP contribution is 2.28. The maximum atomic E-state index is 13.1. The van der Waals surface area contributed by atoms with Crippen LogP contribution in [0.15, 0.2) is 16.5 Å². The van der Waals surface area contributed by atoms with Gasteiger partial charge in [-0.1, -0.05) is 13.8 Å². The van der Waals surface area contributed by atoms with Crippen LogP contribution in [0.4, 0.5) is 13.2 Å². The number of aromatic nitrogens is 1. The first-order valence-electron chi connectivity index (χ1n) is 5.70. The molecule has 1 aromatic carbocycles. The molecule has 0 atom stereocenters. The number of oxazole rings is 1. The van der Waals surface area contributed by atoms with Crippen LogP contribution in [0.5, 0.6) is 0 Å². The Morgan fingerprint density at radius 2 is 1.80 bits per heavy atom. The molecule has 0 fully saturated rings. The Labute approximate surface area is 111 Å². The highest BCUT2D eigenvalue weighted by molar-refractivity contribution is 5.86. The maximum absolute atomic E-state index is 13.1. The third-order valence-electron chi connectivity index (χ3n) is 2.63. The molecule has 1 aromatic heterocycles. The Kier molecular flexibility index (Phi) is 3.52. The molecular weight excluding hydrogens is 275 g/mol. The van der Waals surface area contributed by atoms with Gasteiger partial charge in [0.2, 0.25) is 11.7 Å². The number of hydrogen-bond acceptors (Lipinski definition) is 3. The van der Waals surface area contributed by atoms with Crippen molar-refractivity contribution in [1.29, 1.82) is 0 Å². The van der Waals surface area contributed by atoms with Gasteiger partial charge in [0.1, 0.15) is 0 Å². The first kappa shape index (κ1) is 14.1. The van der Waals surface area contributed by atoms with Crippen molar-refractivity contribution in [2.24, 2.45) is 0 Å². The van der Waals surface area contributed by atoms with Gasteiger partial charge >= 0.3 is 5.97 Å². The molecule has 0 amide bonds. The smallest absolute Gasteiger partial charge is 0.373 e. The molecule has 4 nitrogen and oxygen atoms in total. The molecule has 0 radical (unpaired) electrons. The van der Waals surface area contributed by atoms with Gasteiger partial charge in [0.25, 0.3) is 0 Å². The quantitative estimate of drug-likeness (QED) is 0.875. The number of nitrogens with zero attached hydrogens (tertiary/aromatic N) is 1. The van der Waals surface area contributed by atoms with Crippen molar-refractivity contribution in [3.05, 3.63) is 41.0 Å². The number of hydrogen-bond donors (Lipinski definition) is 1. The van der Waals surface area contributed by atoms with Crippen LogP contribution < -0.4 is 0 Å². The van der Waals surface area contributed by atoms with Crippen LogP contribution in [0.25, 0.3) is 11.5 Å². The normalized spacial score (nSPS) is 11.1. The molecule has 20 heavy (non-hydrogen) atoms. The number of aromatic carboxylic acids is 1. The molecule has 2 rings (SSSR count). The largest absolute Gasteiger partial charge is 0.475 e. The van der Waals surface area contributed by atoms with E-state index in [1.807, 2.05) is 0 Å². The Morgan fingerprint density at radius 1 is 1.25 bits per heavy atom. The molecule has 0 spiro atoms. The van der Waals surface area contributed by atoms with Gasteiger partial charge in [-0.3, -0.25) is 0 Å². The minimum absolute atomic E-state index is 0.151. The van der Waals surface area contributed by atoms with E-state index >= 15 is 0 Å². The Bertz CT molecular complexity index is 656. The predicted molar refractivity (Wildman–Crippen MR) is 62.9 cm³/mol. The topological polar surface area (TPSA) is 63.3 Å². The van der Waals surface area contributed by atoms with Crippen molar-refractivity contribution in [2.75, 3.05) is 0 Å². The average Bonchev–Trinajstić information content (AvgIpc) is 2.80. The summed E-state index contributed by atoms with van der Waals surface area (Å²) in [4.78, 5) is 14.9. The SMILES string of the molecule is CC(C)c1nc(-c2cc(F)c(F)c(F)c2)oc1C(=O)O. The molecule has 0 saturated heterocycles. The molecule has 1 N–H and O–H groups in total. The van der Waals surface area contributed by atoms with Crippen molar-refractivity contribution in [3.63, 3.8) is 0 Å². The molecule has 0 saturated carbocycles. The van der Waals surface area contributed by atoms with Crippen LogP contribution in [-0.2, 0) is 0 Å². The number of carboxylic acids is 1. The zero-order valence-corrected chi connectivity index (χ0v) is 10.6. The van der Waals surface area contributed by atoms with E-state index in [1.165, 1.54) is 0 Å². The summed E-state index contributed by atoms with van der Waals surface area (Å²) < 4.78 is 44.2. The Hall–Kier alpha value is -2.31. The van der Waals surface area contributed by atoms with E-state index in [0.717, 1.165) is 0 Å². The molecule has 0 bridgehead atoms. The van der Waals surface area contributed by atoms with Crippen LogP contribution in [0.1, 0.15) is 36.0 Å². The fraction of sp³-hybridized carbons (Fsp3) is 0.231. The molecule has 2 aromatic rings. The van der Waals surface area contributed by atoms with E-state index in [1.54, 1.807) is 13.8 Å². The molecule has 0 aliphatic carbocycles. The van der Waals surface area contributed by atoms with Crippen molar-refractivity contribution in [2.45, 2.75) is 19.8 Å². The van der Waals surface area contributed by atoms with Crippen LogP contribution >= 0.6 is 0 Å². The van der Waals surface area contributed by atoms with Crippen LogP contribution in [0, 0.1) is 17.5 Å². The molecule has 7 heteroatoms. The fourth-order valence-electron chi connectivity index (χ4n) is 1.68. The summed E-state index contributed by atoms with van der Waals surface area (Å²) in [5, 5.41) is 8.99. The molecule has 1 heterocycles. The lowest BCUT2D eigenvalue weighted by Gasteiger charge is -1.99. The number of rotatable bonds is 3. The van der Waals surface area contributed by atoms with E-state index < -0.39 is 29.2 Å². The van der Waals surface area contributed by atoms with Gasteiger partial charge in [-0.25, -0.2) is 22.9 Å². The number of carboxylic acid groups (broad SMARTS) is 1. The van der Waals surface area contributed by atoms with Crippen molar-refractivity contribution >= 4 is 5.97 Å². The summed E-state index contributed by atoms with van der Waals surface area (Å²) in [6.07, 6.45) is 0. The summed E-state index contributed by atoms with van der Waals surface area (Å²) in [7, 11) is 0. The monoisotopic (exact) mass is 285 g/mol. The second-order valence-electron chi connectivity index (χ2n) is 4.45. The van der Waals surface area contributed by atoms with Crippen molar-refractivity contribution < 1.29 is 27.5 Å². The second kappa shape index (κ2) is 4.99. The van der Waals surface area contributed by atoms with Crippen molar-refractivity contribution in [1.82, 2.24) is 4.98 Å². The van der Waals surface area contributed by atoms with E-state index in [-0.39, 0.29) is 23.1 Å². The lowest BCUT2D eigenvalue weighted by atomic mass is 10.1. The Morgan fingerprint density at radius 3 is 2.20 bits per heavy atom. The fourth-order valence-corrected chi connectivity index (χ4v) is 1.68. The van der Waals surface area contributed by atoms with Crippen LogP contribution in [0.3, 0.4) is 0 Å². The number of halogens is 3. The zero-order valence-electron chi connectivity index (χ0n) is 10.6. The van der Waals surface area contributed by atoms with Crippen LogP contribution in [-0.4, -0.2) is 16.1 Å². The number of benzene rings is 1. The molecule has 0 unspecified atom stereocenters. The highest BCUT2D eigenvalue weighted by atomic mass is 19.2. The first-order valence-corrected chi connectivity index (χ1v) is 5.70. The molecule has 0 aliphatic heterocycles. The summed E-state index contributed by atoms with van der Waals surface area (Å²) in [6, 6.07) is 1.39. The van der Waals surface area contributed by atoms with E-state index in [2.05, 4.69) is 4.98 Å². The zero-order chi connectivity index (χ0) is 15.0. The standard InChI is InChI=1S/C13H10F3NO3/c1-5(2)10-11(13(18)19)20-12(17-10)6-3-7(14)9(16)8(15)4-6/h3-5H,1-2H3,(H,18,19). The van der Waals surface area contributed by atoms with E-state index in [0.29, 0.717) is 12.1 Å². The Balaban J connectivity index is 2.59. The summed E-state index contributed by atoms with van der Waals surface area (Å²) in [5.41, 5.74) is -0.0200. The molecule has 106 valence electrons. The summed E-state index contributed by atoms with van der Waals surface area (Å²) in [6.45, 7) is 3.39. The third-order valence-corrected chi connectivity index (χ3v) is 2.63. The number of carbonyl (C=O) groups is 1. The second-order valence-corrected chi connectivity index (χ2v) is 4.45. The van der Waals surface area contributed by atoms with Crippen molar-refractivity contribution in [3.8, 4) is 11.5 Å². The summed E-state index contributed by atoms with van der Waals surface area (Å²) >= 11 is 0. The lowest BCUT2D eigenvalue weighted by molar-refractivity contribution is 0.0661. The predicted octanol–water partition coefficient (Wildman–Crippen LogP) is 3.58. The van der Waals surface area contributed by atoms with Gasteiger partial charge in [-0.05, 0) is 18.1 Å². The van der Waals surface area contributed by atoms with Gasteiger partial charge in [0, 0.05) is 5.56 Å². The van der Waals surface area contributed by atoms with E-state index in [4.69, 9.17) is 9.52 Å². The van der Waals surface area contributed by atoms with Gasteiger partial charge in [-0.2, -0.15) is 0 Å².